The van der Waals surface area contributed by atoms with Crippen LogP contribution >= 0.6 is 0 Å². The third-order valence-electron chi connectivity index (χ3n) is 26.8. The van der Waals surface area contributed by atoms with Crippen molar-refractivity contribution in [3.8, 4) is 147 Å². The molecule has 0 amide bonds. The molecule has 0 spiro atoms. The highest BCUT2D eigenvalue weighted by Gasteiger charge is 2.24. The molecule has 141 heavy (non-hydrogen) atoms. The van der Waals surface area contributed by atoms with Crippen LogP contribution in [-0.4, -0.2) is 44.9 Å². The van der Waals surface area contributed by atoms with Gasteiger partial charge in [-0.1, -0.05) is 388 Å². The maximum Gasteiger partial charge on any atom is 0.164 e. The number of aromatic nitrogens is 9. The van der Waals surface area contributed by atoms with Crippen molar-refractivity contribution < 1.29 is 13.3 Å². The summed E-state index contributed by atoms with van der Waals surface area (Å²) in [6.45, 7) is 0. The number of furan rings is 3. The van der Waals surface area contributed by atoms with Crippen LogP contribution in [0, 0.1) is 0 Å². The van der Waals surface area contributed by atoms with Gasteiger partial charge in [0.1, 0.15) is 33.5 Å². The largest absolute Gasteiger partial charge is 0.456 e. The van der Waals surface area contributed by atoms with Crippen molar-refractivity contribution in [1.29, 1.82) is 0 Å². The summed E-state index contributed by atoms with van der Waals surface area (Å²) in [5, 5.41) is 20.3. The Morgan fingerprint density at radius 3 is 0.695 bits per heavy atom. The lowest BCUT2D eigenvalue weighted by Crippen LogP contribution is -2.01. The van der Waals surface area contributed by atoms with Crippen LogP contribution in [-0.2, 0) is 0 Å². The van der Waals surface area contributed by atoms with E-state index in [-0.39, 0.29) is 0 Å². The highest BCUT2D eigenvalue weighted by Crippen LogP contribution is 2.45. The normalized spacial score (nSPS) is 11.5. The molecule has 12 heteroatoms. The van der Waals surface area contributed by atoms with Crippen molar-refractivity contribution in [2.24, 2.45) is 0 Å². The fourth-order valence-corrected chi connectivity index (χ4v) is 19.8. The summed E-state index contributed by atoms with van der Waals surface area (Å²) < 4.78 is 18.5. The lowest BCUT2D eigenvalue weighted by atomic mass is 9.94. The number of rotatable bonds is 13. The van der Waals surface area contributed by atoms with E-state index in [1.807, 2.05) is 109 Å². The summed E-state index contributed by atoms with van der Waals surface area (Å²) >= 11 is 0. The lowest BCUT2D eigenvalue weighted by Gasteiger charge is -2.13. The van der Waals surface area contributed by atoms with E-state index < -0.39 is 0 Å². The van der Waals surface area contributed by atoms with Gasteiger partial charge in [-0.3, -0.25) is 0 Å². The number of benzene rings is 22. The molecular formula is C129H79N9O3. The van der Waals surface area contributed by atoms with Crippen LogP contribution in [0.5, 0.6) is 0 Å². The first-order chi connectivity index (χ1) is 69.8. The Morgan fingerprint density at radius 1 is 0.106 bits per heavy atom. The molecule has 0 aliphatic heterocycles. The van der Waals surface area contributed by atoms with Gasteiger partial charge in [-0.05, 0) is 200 Å². The molecule has 0 unspecified atom stereocenters. The van der Waals surface area contributed by atoms with Crippen LogP contribution < -0.4 is 0 Å². The van der Waals surface area contributed by atoms with Gasteiger partial charge in [-0.15, -0.1) is 0 Å². The van der Waals surface area contributed by atoms with E-state index in [9.17, 15) is 0 Å². The average molecular weight is 1800 g/mol. The number of nitrogens with zero attached hydrogens (tertiary/aromatic N) is 9. The summed E-state index contributed by atoms with van der Waals surface area (Å²) in [5.74, 6) is 5.78. The SMILES string of the molecule is c1ccc(-c2ccc(-c3nc(-c4ccccc4)nc(-c4ccc(-c5ccc6c(c5)oc5ccccc56)c5ccccc45)n3)cc2)cc1.c1ccc(-c2nc(-c3ccc4ccccc4c3)nc(-c3ccc(-c4ccc5oc6ccccc6c5c4)c4ccccc34)n2)cc1.c1ccc2cc(-c3nc(-c4ccc5ccccc5c4)nc(-c4ccc(-c5ccc6oc7ccccc7c6c5)c5ccccc45)n3)ccc2c1. The molecule has 0 bridgehead atoms. The van der Waals surface area contributed by atoms with Gasteiger partial charge >= 0.3 is 0 Å². The molecule has 0 N–H and O–H groups in total. The first kappa shape index (κ1) is 82.5. The zero-order chi connectivity index (χ0) is 93.2. The quantitative estimate of drug-likeness (QED) is 0.108. The fraction of sp³-hybridized carbons (Fsp3) is 0. The van der Waals surface area contributed by atoms with Gasteiger partial charge in [0.2, 0.25) is 0 Å². The molecule has 0 aliphatic rings. The van der Waals surface area contributed by atoms with Crippen LogP contribution in [0.1, 0.15) is 0 Å². The van der Waals surface area contributed by atoms with Crippen molar-refractivity contribution in [2.45, 2.75) is 0 Å². The van der Waals surface area contributed by atoms with E-state index in [2.05, 4.69) is 370 Å². The maximum absolute atomic E-state index is 6.24. The zero-order valence-corrected chi connectivity index (χ0v) is 75.9. The third kappa shape index (κ3) is 15.6. The Bertz CT molecular complexity index is 9690. The molecule has 6 heterocycles. The number of hydrogen-bond acceptors (Lipinski definition) is 12. The second kappa shape index (κ2) is 35.3. The van der Waals surface area contributed by atoms with Gasteiger partial charge in [0.15, 0.2) is 52.4 Å². The van der Waals surface area contributed by atoms with E-state index in [4.69, 9.17) is 58.1 Å². The van der Waals surface area contributed by atoms with E-state index in [1.165, 1.54) is 21.7 Å². The molecule has 0 aliphatic carbocycles. The molecule has 22 aromatic carbocycles. The highest BCUT2D eigenvalue weighted by atomic mass is 16.3. The van der Waals surface area contributed by atoms with Gasteiger partial charge in [0, 0.05) is 82.4 Å². The lowest BCUT2D eigenvalue weighted by molar-refractivity contribution is 0.668. The Balaban J connectivity index is 0.000000109. The van der Waals surface area contributed by atoms with Crippen molar-refractivity contribution in [3.63, 3.8) is 0 Å². The number of fused-ring (bicyclic) bond motifs is 15. The Labute approximate surface area is 809 Å². The Morgan fingerprint density at radius 2 is 0.326 bits per heavy atom. The van der Waals surface area contributed by atoms with Gasteiger partial charge in [-0.2, -0.15) is 0 Å². The second-order valence-electron chi connectivity index (χ2n) is 35.3. The standard InChI is InChI=1S/C45H27N3O.C43H27N3O.C41H25N3O/c1-3-11-30-25-33(19-17-28(30)9-1)43-46-44(34-20-18-29-10-2-4-12-31(29)26-34)48-45(47-43)39-23-22-35(36-13-5-6-14-37(36)39)32-21-24-42-40(27-32)38-15-7-8-16-41(38)49-42;1-3-11-28(12-4-1)29-19-21-31(22-20-29)42-44-41(30-13-5-2-6-14-30)45-43(46-42)38-26-25-33(34-15-7-8-16-35(34)38)32-23-24-37-36-17-9-10-18-39(36)47-40(37)27-32;1-2-11-27(12-3-1)39-42-40(30-19-18-26-10-4-5-13-28(26)24-30)44-41(43-39)35-22-21-31(32-14-6-7-15-33(32)35)29-20-23-38-36(25-29)34-16-8-9-17-37(34)45-38/h1-27H;1-27H;1-25H. The minimum absolute atomic E-state index is 0.636. The Kier molecular flexibility index (Phi) is 20.6. The van der Waals surface area contributed by atoms with Gasteiger partial charge < -0.3 is 13.3 Å². The molecular weight excluding hydrogens is 1720 g/mol. The van der Waals surface area contributed by atoms with Crippen molar-refractivity contribution >= 4 is 130 Å². The van der Waals surface area contributed by atoms with E-state index in [0.29, 0.717) is 52.4 Å². The second-order valence-corrected chi connectivity index (χ2v) is 35.3. The van der Waals surface area contributed by atoms with Crippen LogP contribution in [0.25, 0.3) is 277 Å². The van der Waals surface area contributed by atoms with E-state index >= 15 is 0 Å². The van der Waals surface area contributed by atoms with Crippen LogP contribution in [0.4, 0.5) is 0 Å². The van der Waals surface area contributed by atoms with Crippen molar-refractivity contribution in [1.82, 2.24) is 44.9 Å². The van der Waals surface area contributed by atoms with Crippen LogP contribution in [0.2, 0.25) is 0 Å². The molecule has 28 rings (SSSR count). The maximum atomic E-state index is 6.24. The molecule has 12 nitrogen and oxygen atoms in total. The van der Waals surface area contributed by atoms with Crippen LogP contribution in [0.15, 0.2) is 492 Å². The molecule has 0 atom stereocenters. The molecule has 658 valence electrons. The zero-order valence-electron chi connectivity index (χ0n) is 75.9. The summed E-state index contributed by atoms with van der Waals surface area (Å²) in [6.07, 6.45) is 0. The summed E-state index contributed by atoms with van der Waals surface area (Å²) in [5.41, 5.74) is 23.0. The first-order valence-electron chi connectivity index (χ1n) is 47.2. The minimum atomic E-state index is 0.636. The molecule has 6 aromatic heterocycles. The number of hydrogen-bond donors (Lipinski definition) is 0. The predicted molar refractivity (Wildman–Crippen MR) is 577 cm³/mol. The minimum Gasteiger partial charge on any atom is -0.456 e. The van der Waals surface area contributed by atoms with Gasteiger partial charge in [-0.25, -0.2) is 44.9 Å². The van der Waals surface area contributed by atoms with E-state index in [0.717, 1.165) is 203 Å². The number of para-hydroxylation sites is 3. The Hall–Kier alpha value is -19.2. The average Bonchev–Trinajstić information content (AvgIpc) is 1.75. The summed E-state index contributed by atoms with van der Waals surface area (Å²) in [4.78, 5) is 45.6. The molecule has 0 radical (unpaired) electrons. The fourth-order valence-electron chi connectivity index (χ4n) is 19.8. The molecule has 28 aromatic rings. The monoisotopic (exact) mass is 1800 g/mol. The predicted octanol–water partition coefficient (Wildman–Crippen LogP) is 33.9. The topological polar surface area (TPSA) is 155 Å². The third-order valence-corrected chi connectivity index (χ3v) is 26.8. The van der Waals surface area contributed by atoms with Crippen molar-refractivity contribution in [2.75, 3.05) is 0 Å². The summed E-state index contributed by atoms with van der Waals surface area (Å²) in [7, 11) is 0. The van der Waals surface area contributed by atoms with Crippen LogP contribution in [0.3, 0.4) is 0 Å². The highest BCUT2D eigenvalue weighted by molar-refractivity contribution is 6.13. The molecule has 0 saturated heterocycles. The van der Waals surface area contributed by atoms with Gasteiger partial charge in [0.05, 0.1) is 0 Å². The van der Waals surface area contributed by atoms with E-state index in [1.54, 1.807) is 0 Å². The summed E-state index contributed by atoms with van der Waals surface area (Å²) in [6, 6.07) is 166. The first-order valence-corrected chi connectivity index (χ1v) is 47.2. The van der Waals surface area contributed by atoms with Crippen molar-refractivity contribution in [3.05, 3.63) is 479 Å². The smallest absolute Gasteiger partial charge is 0.164 e. The van der Waals surface area contributed by atoms with Gasteiger partial charge in [0.25, 0.3) is 0 Å². The molecule has 0 fully saturated rings. The molecule has 0 saturated carbocycles.